The van der Waals surface area contributed by atoms with Crippen LogP contribution in [0, 0.1) is 5.92 Å². The van der Waals surface area contributed by atoms with E-state index in [4.69, 9.17) is 19.7 Å². The average Bonchev–Trinajstić information content (AvgIpc) is 2.42. The largest absolute Gasteiger partial charge is 0.478 e. The molecule has 0 radical (unpaired) electrons. The number of amides is 1. The molecule has 1 aliphatic heterocycles. The van der Waals surface area contributed by atoms with Gasteiger partial charge < -0.3 is 30.1 Å². The van der Waals surface area contributed by atoms with Gasteiger partial charge in [-0.05, 0) is 0 Å². The molecule has 8 nitrogen and oxygen atoms in total. The number of hydrogen-bond donors (Lipinski definition) is 4. The van der Waals surface area contributed by atoms with Crippen LogP contribution in [0.5, 0.6) is 0 Å². The number of methoxy groups -OCH3 is 1. The SMILES string of the molecule is CO[C@@H]1OC(CO)[C@@H](C)[C@H](O)C1NC(=O)/C=C\C(=O)O. The van der Waals surface area contributed by atoms with Crippen molar-refractivity contribution >= 4 is 11.9 Å². The van der Waals surface area contributed by atoms with Crippen LogP contribution in [-0.2, 0) is 19.1 Å². The van der Waals surface area contributed by atoms with E-state index >= 15 is 0 Å². The van der Waals surface area contributed by atoms with Gasteiger partial charge in [-0.15, -0.1) is 0 Å². The Morgan fingerprint density at radius 2 is 2.05 bits per heavy atom. The first-order valence-electron chi connectivity index (χ1n) is 6.09. The van der Waals surface area contributed by atoms with Crippen LogP contribution in [0.15, 0.2) is 12.2 Å². The summed E-state index contributed by atoms with van der Waals surface area (Å²) in [6.07, 6.45) is -0.996. The third-order valence-corrected chi connectivity index (χ3v) is 3.19. The number of carbonyl (C=O) groups excluding carboxylic acids is 1. The van der Waals surface area contributed by atoms with Gasteiger partial charge in [0.1, 0.15) is 6.04 Å². The number of carbonyl (C=O) groups is 2. The Labute approximate surface area is 116 Å². The molecule has 0 aliphatic carbocycles. The molecule has 0 aromatic heterocycles. The summed E-state index contributed by atoms with van der Waals surface area (Å²) in [6, 6.07) is -0.858. The molecule has 0 aromatic carbocycles. The molecule has 114 valence electrons. The molecule has 1 heterocycles. The lowest BCUT2D eigenvalue weighted by Crippen LogP contribution is -2.61. The Bertz CT molecular complexity index is 382. The van der Waals surface area contributed by atoms with E-state index in [0.29, 0.717) is 6.08 Å². The second-order valence-electron chi connectivity index (χ2n) is 4.52. The van der Waals surface area contributed by atoms with E-state index in [9.17, 15) is 14.7 Å². The van der Waals surface area contributed by atoms with Gasteiger partial charge in [-0.1, -0.05) is 6.92 Å². The zero-order valence-corrected chi connectivity index (χ0v) is 11.2. The highest BCUT2D eigenvalue weighted by molar-refractivity contribution is 5.94. The van der Waals surface area contributed by atoms with Crippen molar-refractivity contribution in [3.8, 4) is 0 Å². The van der Waals surface area contributed by atoms with E-state index in [1.807, 2.05) is 0 Å². The Morgan fingerprint density at radius 3 is 2.55 bits per heavy atom. The number of ether oxygens (including phenoxy) is 2. The lowest BCUT2D eigenvalue weighted by Gasteiger charge is -2.42. The summed E-state index contributed by atoms with van der Waals surface area (Å²) in [5.74, 6) is -2.35. The summed E-state index contributed by atoms with van der Waals surface area (Å²) in [7, 11) is 1.34. The fraction of sp³-hybridized carbons (Fsp3) is 0.667. The van der Waals surface area contributed by atoms with E-state index < -0.39 is 42.3 Å². The van der Waals surface area contributed by atoms with Crippen molar-refractivity contribution in [1.82, 2.24) is 5.32 Å². The van der Waals surface area contributed by atoms with Crippen molar-refractivity contribution in [1.29, 1.82) is 0 Å². The smallest absolute Gasteiger partial charge is 0.328 e. The van der Waals surface area contributed by atoms with Crippen LogP contribution in [0.2, 0.25) is 0 Å². The molecule has 0 spiro atoms. The van der Waals surface area contributed by atoms with E-state index in [1.54, 1.807) is 6.92 Å². The zero-order chi connectivity index (χ0) is 15.3. The number of carboxylic acid groups (broad SMARTS) is 1. The van der Waals surface area contributed by atoms with E-state index in [1.165, 1.54) is 7.11 Å². The first kappa shape index (κ1) is 16.6. The second-order valence-corrected chi connectivity index (χ2v) is 4.52. The Hall–Kier alpha value is -1.48. The summed E-state index contributed by atoms with van der Waals surface area (Å²) in [5.41, 5.74) is 0. The number of rotatable bonds is 5. The third kappa shape index (κ3) is 4.01. The number of aliphatic hydroxyl groups excluding tert-OH is 2. The van der Waals surface area contributed by atoms with Gasteiger partial charge in [0.05, 0.1) is 18.8 Å². The minimum Gasteiger partial charge on any atom is -0.478 e. The van der Waals surface area contributed by atoms with Crippen LogP contribution in [-0.4, -0.2) is 65.5 Å². The fourth-order valence-electron chi connectivity index (χ4n) is 2.01. The molecule has 1 fully saturated rings. The minimum absolute atomic E-state index is 0.280. The van der Waals surface area contributed by atoms with Crippen molar-refractivity contribution in [3.63, 3.8) is 0 Å². The Balaban J connectivity index is 2.75. The number of aliphatic hydroxyl groups is 2. The molecule has 0 bridgehead atoms. The number of hydrogen-bond acceptors (Lipinski definition) is 6. The lowest BCUT2D eigenvalue weighted by molar-refractivity contribution is -0.245. The van der Waals surface area contributed by atoms with Crippen molar-refractivity contribution in [3.05, 3.63) is 12.2 Å². The van der Waals surface area contributed by atoms with Crippen molar-refractivity contribution in [2.24, 2.45) is 5.92 Å². The van der Waals surface area contributed by atoms with Crippen LogP contribution in [0.25, 0.3) is 0 Å². The molecule has 4 N–H and O–H groups in total. The highest BCUT2D eigenvalue weighted by atomic mass is 16.7. The van der Waals surface area contributed by atoms with Gasteiger partial charge in [0.2, 0.25) is 5.91 Å². The fourth-order valence-corrected chi connectivity index (χ4v) is 2.01. The highest BCUT2D eigenvalue weighted by Crippen LogP contribution is 2.26. The number of aliphatic carboxylic acids is 1. The first-order chi connectivity index (χ1) is 9.40. The van der Waals surface area contributed by atoms with Crippen molar-refractivity contribution in [2.45, 2.75) is 31.5 Å². The summed E-state index contributed by atoms with van der Waals surface area (Å²) in [5, 5.41) is 30.2. The van der Waals surface area contributed by atoms with Crippen LogP contribution in [0.1, 0.15) is 6.92 Å². The van der Waals surface area contributed by atoms with Crippen LogP contribution < -0.4 is 5.32 Å². The van der Waals surface area contributed by atoms with Gasteiger partial charge in [-0.25, -0.2) is 4.79 Å². The van der Waals surface area contributed by atoms with Gasteiger partial charge in [-0.2, -0.15) is 0 Å². The molecule has 1 saturated heterocycles. The molecule has 2 unspecified atom stereocenters. The summed E-state index contributed by atoms with van der Waals surface area (Å²) in [4.78, 5) is 21.9. The second kappa shape index (κ2) is 7.34. The molecular formula is C12H19NO7. The van der Waals surface area contributed by atoms with Crippen molar-refractivity contribution in [2.75, 3.05) is 13.7 Å². The van der Waals surface area contributed by atoms with E-state index in [2.05, 4.69) is 5.32 Å². The normalized spacial score (nSPS) is 34.1. The Kier molecular flexibility index (Phi) is 6.08. The molecule has 20 heavy (non-hydrogen) atoms. The van der Waals surface area contributed by atoms with Gasteiger partial charge >= 0.3 is 5.97 Å². The van der Waals surface area contributed by atoms with Gasteiger partial charge in [0.15, 0.2) is 6.29 Å². The zero-order valence-electron chi connectivity index (χ0n) is 11.2. The molecular weight excluding hydrogens is 270 g/mol. The topological polar surface area (TPSA) is 125 Å². The third-order valence-electron chi connectivity index (χ3n) is 3.19. The van der Waals surface area contributed by atoms with E-state index in [0.717, 1.165) is 6.08 Å². The van der Waals surface area contributed by atoms with Gasteiger partial charge in [0, 0.05) is 25.2 Å². The molecule has 0 saturated carbocycles. The maximum Gasteiger partial charge on any atom is 0.328 e. The predicted molar refractivity (Wildman–Crippen MR) is 66.6 cm³/mol. The average molecular weight is 289 g/mol. The maximum atomic E-state index is 11.5. The van der Waals surface area contributed by atoms with Crippen LogP contribution in [0.3, 0.4) is 0 Å². The molecule has 5 atom stereocenters. The molecule has 8 heteroatoms. The highest BCUT2D eigenvalue weighted by Gasteiger charge is 2.43. The predicted octanol–water partition coefficient (Wildman–Crippen LogP) is -1.53. The monoisotopic (exact) mass is 289 g/mol. The minimum atomic E-state index is -1.25. The standard InChI is InChI=1S/C12H19NO7/c1-6-7(5-14)20-12(19-2)10(11(6)18)13-8(15)3-4-9(16)17/h3-4,6-7,10-12,14,18H,5H2,1-2H3,(H,13,15)(H,16,17)/b4-3-/t6-,7?,10?,11+,12-/m1/s1. The van der Waals surface area contributed by atoms with Crippen molar-refractivity contribution < 1.29 is 34.4 Å². The Morgan fingerprint density at radius 1 is 1.40 bits per heavy atom. The molecule has 1 aliphatic rings. The van der Waals surface area contributed by atoms with Crippen LogP contribution in [0.4, 0.5) is 0 Å². The maximum absolute atomic E-state index is 11.5. The summed E-state index contributed by atoms with van der Waals surface area (Å²) < 4.78 is 10.5. The molecule has 0 aromatic rings. The molecule has 1 amide bonds. The first-order valence-corrected chi connectivity index (χ1v) is 6.09. The summed E-state index contributed by atoms with van der Waals surface area (Å²) in [6.45, 7) is 1.39. The van der Waals surface area contributed by atoms with E-state index in [-0.39, 0.29) is 6.61 Å². The van der Waals surface area contributed by atoms with Gasteiger partial charge in [0.25, 0.3) is 0 Å². The number of carboxylic acids is 1. The molecule has 1 rings (SSSR count). The summed E-state index contributed by atoms with van der Waals surface area (Å²) >= 11 is 0. The van der Waals surface area contributed by atoms with Crippen LogP contribution >= 0.6 is 0 Å². The lowest BCUT2D eigenvalue weighted by atomic mass is 9.89. The van der Waals surface area contributed by atoms with Gasteiger partial charge in [-0.3, -0.25) is 4.79 Å². The number of nitrogens with one attached hydrogen (secondary N) is 1. The quantitative estimate of drug-likeness (QED) is 0.452.